The van der Waals surface area contributed by atoms with E-state index in [2.05, 4.69) is 10.6 Å². The number of carbonyl (C=O) groups excluding carboxylic acids is 2. The SMILES string of the molecule is COC(=O)c1ccc(NC(=O)Nc2ccccc2)cc1OS(=O)(=O)c1cc(C)ccc1C. The molecule has 0 bridgehead atoms. The van der Waals surface area contributed by atoms with Crippen molar-refractivity contribution in [2.24, 2.45) is 0 Å². The normalized spacial score (nSPS) is 10.8. The molecule has 0 aliphatic carbocycles. The van der Waals surface area contributed by atoms with Crippen molar-refractivity contribution in [3.8, 4) is 5.75 Å². The zero-order valence-corrected chi connectivity index (χ0v) is 18.5. The van der Waals surface area contributed by atoms with Crippen molar-refractivity contribution in [3.63, 3.8) is 0 Å². The summed E-state index contributed by atoms with van der Waals surface area (Å²) in [5.41, 5.74) is 1.92. The number of carbonyl (C=O) groups is 2. The molecule has 0 unspecified atom stereocenters. The van der Waals surface area contributed by atoms with Crippen LogP contribution in [0.4, 0.5) is 16.2 Å². The molecule has 0 atom stereocenters. The lowest BCUT2D eigenvalue weighted by Gasteiger charge is -2.14. The number of hydrogen-bond acceptors (Lipinski definition) is 6. The van der Waals surface area contributed by atoms with Crippen LogP contribution >= 0.6 is 0 Å². The molecule has 8 nitrogen and oxygen atoms in total. The lowest BCUT2D eigenvalue weighted by Crippen LogP contribution is -2.20. The number of esters is 1. The van der Waals surface area contributed by atoms with Gasteiger partial charge in [-0.1, -0.05) is 30.3 Å². The number of hydrogen-bond donors (Lipinski definition) is 2. The minimum atomic E-state index is -4.26. The molecule has 3 aromatic rings. The van der Waals surface area contributed by atoms with Gasteiger partial charge in [0, 0.05) is 17.4 Å². The van der Waals surface area contributed by atoms with Gasteiger partial charge < -0.3 is 19.6 Å². The fourth-order valence-electron chi connectivity index (χ4n) is 2.90. The number of ether oxygens (including phenoxy) is 1. The molecule has 9 heteroatoms. The van der Waals surface area contributed by atoms with Crippen LogP contribution < -0.4 is 14.8 Å². The molecule has 2 amide bonds. The topological polar surface area (TPSA) is 111 Å². The molecule has 166 valence electrons. The zero-order chi connectivity index (χ0) is 23.3. The van der Waals surface area contributed by atoms with Crippen molar-refractivity contribution < 1.29 is 26.9 Å². The van der Waals surface area contributed by atoms with E-state index < -0.39 is 22.1 Å². The van der Waals surface area contributed by atoms with Crippen LogP contribution in [0.15, 0.2) is 71.6 Å². The van der Waals surface area contributed by atoms with Gasteiger partial charge in [0.2, 0.25) is 0 Å². The van der Waals surface area contributed by atoms with Crippen molar-refractivity contribution in [2.75, 3.05) is 17.7 Å². The highest BCUT2D eigenvalue weighted by Crippen LogP contribution is 2.29. The molecule has 3 aromatic carbocycles. The van der Waals surface area contributed by atoms with E-state index in [9.17, 15) is 18.0 Å². The van der Waals surface area contributed by atoms with Crippen LogP contribution in [0.1, 0.15) is 21.5 Å². The maximum absolute atomic E-state index is 12.9. The van der Waals surface area contributed by atoms with Crippen molar-refractivity contribution in [1.82, 2.24) is 0 Å². The number of nitrogens with one attached hydrogen (secondary N) is 2. The van der Waals surface area contributed by atoms with Crippen molar-refractivity contribution >= 4 is 33.5 Å². The first-order chi connectivity index (χ1) is 15.2. The Bertz CT molecular complexity index is 1260. The van der Waals surface area contributed by atoms with Crippen LogP contribution in [0.3, 0.4) is 0 Å². The molecule has 2 N–H and O–H groups in total. The molecular weight excluding hydrogens is 432 g/mol. The molecule has 0 saturated carbocycles. The summed E-state index contributed by atoms with van der Waals surface area (Å²) in [7, 11) is -3.09. The summed E-state index contributed by atoms with van der Waals surface area (Å²) in [5, 5.41) is 5.23. The number of para-hydroxylation sites is 1. The number of benzene rings is 3. The van der Waals surface area contributed by atoms with Gasteiger partial charge in [0.25, 0.3) is 0 Å². The van der Waals surface area contributed by atoms with Gasteiger partial charge in [-0.25, -0.2) is 9.59 Å². The molecule has 32 heavy (non-hydrogen) atoms. The number of amides is 2. The quantitative estimate of drug-likeness (QED) is 0.419. The van der Waals surface area contributed by atoms with Gasteiger partial charge in [0.15, 0.2) is 5.75 Å². The van der Waals surface area contributed by atoms with Gasteiger partial charge in [-0.3, -0.25) is 0 Å². The Labute approximate surface area is 186 Å². The highest BCUT2D eigenvalue weighted by atomic mass is 32.2. The molecule has 0 aliphatic rings. The molecule has 0 aromatic heterocycles. The zero-order valence-electron chi connectivity index (χ0n) is 17.7. The maximum atomic E-state index is 12.9. The van der Waals surface area contributed by atoms with Crippen LogP contribution in [0.5, 0.6) is 5.75 Å². The second-order valence-corrected chi connectivity index (χ2v) is 8.47. The summed E-state index contributed by atoms with van der Waals surface area (Å²) < 4.78 is 35.9. The maximum Gasteiger partial charge on any atom is 0.341 e. The summed E-state index contributed by atoms with van der Waals surface area (Å²) in [6.07, 6.45) is 0. The molecule has 0 spiro atoms. The summed E-state index contributed by atoms with van der Waals surface area (Å²) in [6, 6.07) is 17.2. The number of anilines is 2. The first kappa shape index (κ1) is 22.8. The van der Waals surface area contributed by atoms with Crippen LogP contribution in [0.2, 0.25) is 0 Å². The minimum absolute atomic E-state index is 0.0199. The van der Waals surface area contributed by atoms with E-state index >= 15 is 0 Å². The second-order valence-electron chi connectivity index (χ2n) is 6.95. The fourth-order valence-corrected chi connectivity index (χ4v) is 4.16. The van der Waals surface area contributed by atoms with Gasteiger partial charge in [-0.15, -0.1) is 0 Å². The number of rotatable bonds is 6. The Morgan fingerprint density at radius 2 is 1.53 bits per heavy atom. The number of methoxy groups -OCH3 is 1. The van der Waals surface area contributed by atoms with Crippen molar-refractivity contribution in [1.29, 1.82) is 0 Å². The fraction of sp³-hybridized carbons (Fsp3) is 0.130. The largest absolute Gasteiger partial charge is 0.465 e. The van der Waals surface area contributed by atoms with Crippen LogP contribution in [-0.2, 0) is 14.9 Å². The lowest BCUT2D eigenvalue weighted by atomic mass is 10.2. The third kappa shape index (κ3) is 5.44. The van der Waals surface area contributed by atoms with Gasteiger partial charge in [-0.2, -0.15) is 8.42 Å². The Hall–Kier alpha value is -3.85. The third-order valence-corrected chi connectivity index (χ3v) is 5.87. The Balaban J connectivity index is 1.91. The van der Waals surface area contributed by atoms with E-state index in [1.54, 1.807) is 50.2 Å². The Morgan fingerprint density at radius 3 is 2.22 bits per heavy atom. The monoisotopic (exact) mass is 454 g/mol. The first-order valence-corrected chi connectivity index (χ1v) is 11.0. The molecule has 3 rings (SSSR count). The number of urea groups is 1. The highest BCUT2D eigenvalue weighted by Gasteiger charge is 2.24. The van der Waals surface area contributed by atoms with E-state index in [1.165, 1.54) is 31.4 Å². The highest BCUT2D eigenvalue weighted by molar-refractivity contribution is 7.87. The molecular formula is C23H22N2O6S. The average molecular weight is 455 g/mol. The van der Waals surface area contributed by atoms with E-state index in [0.29, 0.717) is 11.3 Å². The van der Waals surface area contributed by atoms with Crippen LogP contribution in [-0.4, -0.2) is 27.5 Å². The average Bonchev–Trinajstić information content (AvgIpc) is 2.75. The second kappa shape index (κ2) is 9.52. The van der Waals surface area contributed by atoms with Crippen molar-refractivity contribution in [3.05, 3.63) is 83.4 Å². The van der Waals surface area contributed by atoms with E-state index in [4.69, 9.17) is 8.92 Å². The van der Waals surface area contributed by atoms with E-state index in [0.717, 1.165) is 5.56 Å². The predicted octanol–water partition coefficient (Wildman–Crippen LogP) is 4.50. The van der Waals surface area contributed by atoms with E-state index in [-0.39, 0.29) is 21.9 Å². The Morgan fingerprint density at radius 1 is 0.844 bits per heavy atom. The molecule has 0 heterocycles. The smallest absolute Gasteiger partial charge is 0.341 e. The van der Waals surface area contributed by atoms with Gasteiger partial charge >= 0.3 is 22.1 Å². The van der Waals surface area contributed by atoms with Gasteiger partial charge in [-0.05, 0) is 55.3 Å². The molecule has 0 fully saturated rings. The third-order valence-electron chi connectivity index (χ3n) is 4.49. The summed E-state index contributed by atoms with van der Waals surface area (Å²) in [6.45, 7) is 3.40. The van der Waals surface area contributed by atoms with Crippen LogP contribution in [0.25, 0.3) is 0 Å². The molecule has 0 saturated heterocycles. The minimum Gasteiger partial charge on any atom is -0.465 e. The molecule has 0 aliphatic heterocycles. The summed E-state index contributed by atoms with van der Waals surface area (Å²) >= 11 is 0. The van der Waals surface area contributed by atoms with Crippen molar-refractivity contribution in [2.45, 2.75) is 18.7 Å². The number of aryl methyl sites for hydroxylation is 2. The summed E-state index contributed by atoms with van der Waals surface area (Å²) in [5.74, 6) is -1.05. The van der Waals surface area contributed by atoms with E-state index in [1.807, 2.05) is 6.07 Å². The molecule has 0 radical (unpaired) electrons. The van der Waals surface area contributed by atoms with Crippen LogP contribution in [0, 0.1) is 13.8 Å². The standard InChI is InChI=1S/C23H22N2O6S/c1-15-9-10-16(2)21(13-15)32(28,29)31-20-14-18(11-12-19(20)22(26)30-3)25-23(27)24-17-7-5-4-6-8-17/h4-14H,1-3H3,(H2,24,25,27). The van der Waals surface area contributed by atoms with Gasteiger partial charge in [0.1, 0.15) is 10.5 Å². The lowest BCUT2D eigenvalue weighted by molar-refractivity contribution is 0.0599. The Kier molecular flexibility index (Phi) is 6.79. The van der Waals surface area contributed by atoms with Gasteiger partial charge in [0.05, 0.1) is 7.11 Å². The summed E-state index contributed by atoms with van der Waals surface area (Å²) in [4.78, 5) is 24.4. The first-order valence-electron chi connectivity index (χ1n) is 9.57. The predicted molar refractivity (Wildman–Crippen MR) is 121 cm³/mol.